The molecule has 4 atom stereocenters. The standard InChI is InChI=1S/C20H36N2O3/c1-18(2,3)9-14(24)21-16(19(4,5)6)17(25)22-10-12-15(13(22)11-23)20(12,7)8/h12-13,15-16,23H,9-11H2,1-8H3,(H,21,24)/t12-,13?,15-,16+/m0/s1. The van der Waals surface area contributed by atoms with Crippen LogP contribution in [0.3, 0.4) is 0 Å². The van der Waals surface area contributed by atoms with Crippen LogP contribution in [0.25, 0.3) is 0 Å². The van der Waals surface area contributed by atoms with E-state index in [-0.39, 0.29) is 40.7 Å². The van der Waals surface area contributed by atoms with Crippen molar-refractivity contribution in [1.82, 2.24) is 10.2 Å². The lowest BCUT2D eigenvalue weighted by Crippen LogP contribution is -2.57. The van der Waals surface area contributed by atoms with Crippen LogP contribution in [0.2, 0.25) is 0 Å². The van der Waals surface area contributed by atoms with E-state index in [0.29, 0.717) is 24.8 Å². The van der Waals surface area contributed by atoms with E-state index >= 15 is 0 Å². The maximum Gasteiger partial charge on any atom is 0.246 e. The Kier molecular flexibility index (Phi) is 5.06. The average Bonchev–Trinajstić information content (AvgIpc) is 2.81. The highest BCUT2D eigenvalue weighted by Crippen LogP contribution is 2.64. The maximum atomic E-state index is 13.2. The third kappa shape index (κ3) is 4.02. The maximum absolute atomic E-state index is 13.2. The molecule has 2 aliphatic rings. The van der Waals surface area contributed by atoms with Crippen molar-refractivity contribution in [1.29, 1.82) is 0 Å². The van der Waals surface area contributed by atoms with Gasteiger partial charge in [-0.05, 0) is 28.1 Å². The third-order valence-corrected chi connectivity index (χ3v) is 5.93. The van der Waals surface area contributed by atoms with Crippen LogP contribution in [0.4, 0.5) is 0 Å². The van der Waals surface area contributed by atoms with Crippen molar-refractivity contribution >= 4 is 11.8 Å². The van der Waals surface area contributed by atoms with Gasteiger partial charge in [-0.3, -0.25) is 9.59 Å². The van der Waals surface area contributed by atoms with Gasteiger partial charge in [0.05, 0.1) is 12.6 Å². The van der Waals surface area contributed by atoms with Gasteiger partial charge < -0.3 is 15.3 Å². The second kappa shape index (κ2) is 6.26. The summed E-state index contributed by atoms with van der Waals surface area (Å²) in [6.07, 6.45) is 0.384. The van der Waals surface area contributed by atoms with E-state index in [1.807, 2.05) is 46.4 Å². The second-order valence-electron chi connectivity index (χ2n) is 10.8. The van der Waals surface area contributed by atoms with Crippen molar-refractivity contribution in [3.63, 3.8) is 0 Å². The molecule has 5 heteroatoms. The summed E-state index contributed by atoms with van der Waals surface area (Å²) in [6.45, 7) is 17.0. The lowest BCUT2D eigenvalue weighted by atomic mass is 9.84. The summed E-state index contributed by atoms with van der Waals surface area (Å²) in [6, 6.07) is -0.700. The molecule has 0 radical (unpaired) electrons. The fourth-order valence-electron chi connectivity index (χ4n) is 4.41. The van der Waals surface area contributed by atoms with Gasteiger partial charge in [0.25, 0.3) is 0 Å². The van der Waals surface area contributed by atoms with Crippen LogP contribution in [0.1, 0.15) is 61.8 Å². The summed E-state index contributed by atoms with van der Waals surface area (Å²) < 4.78 is 0. The molecule has 1 aliphatic carbocycles. The van der Waals surface area contributed by atoms with Gasteiger partial charge in [-0.1, -0.05) is 55.4 Å². The van der Waals surface area contributed by atoms with E-state index in [1.165, 1.54) is 0 Å². The quantitative estimate of drug-likeness (QED) is 0.816. The Hall–Kier alpha value is -1.10. The van der Waals surface area contributed by atoms with Gasteiger partial charge >= 0.3 is 0 Å². The second-order valence-corrected chi connectivity index (χ2v) is 10.8. The number of piperidine rings is 1. The Labute approximate surface area is 152 Å². The first kappa shape index (κ1) is 20.2. The Morgan fingerprint density at radius 3 is 2.20 bits per heavy atom. The summed E-state index contributed by atoms with van der Waals surface area (Å²) in [5.74, 6) is 0.676. The SMILES string of the molecule is CC(C)(C)CC(=O)N[C@H](C(=O)N1C[C@H]2[C@@H](C1CO)C2(C)C)C(C)(C)C. The summed E-state index contributed by atoms with van der Waals surface area (Å²) in [5, 5.41) is 12.8. The molecule has 0 aromatic rings. The molecule has 2 amide bonds. The van der Waals surface area contributed by atoms with E-state index in [4.69, 9.17) is 0 Å². The van der Waals surface area contributed by atoms with Crippen LogP contribution < -0.4 is 5.32 Å². The molecule has 0 spiro atoms. The zero-order valence-electron chi connectivity index (χ0n) is 17.1. The number of nitrogens with one attached hydrogen (secondary N) is 1. The van der Waals surface area contributed by atoms with Crippen molar-refractivity contribution < 1.29 is 14.7 Å². The highest BCUT2D eigenvalue weighted by molar-refractivity contribution is 5.89. The molecule has 0 aromatic heterocycles. The number of hydrogen-bond acceptors (Lipinski definition) is 3. The van der Waals surface area contributed by atoms with Gasteiger partial charge in [-0.25, -0.2) is 0 Å². The zero-order chi connectivity index (χ0) is 19.4. The van der Waals surface area contributed by atoms with Crippen LogP contribution in [0.5, 0.6) is 0 Å². The summed E-state index contributed by atoms with van der Waals surface area (Å²) in [7, 11) is 0. The molecule has 1 unspecified atom stereocenters. The summed E-state index contributed by atoms with van der Waals surface area (Å²) in [5.41, 5.74) is -0.299. The Balaban J connectivity index is 2.14. The first-order valence-corrected chi connectivity index (χ1v) is 9.41. The molecule has 1 aliphatic heterocycles. The molecule has 25 heavy (non-hydrogen) atoms. The highest BCUT2D eigenvalue weighted by atomic mass is 16.3. The number of nitrogens with zero attached hydrogens (tertiary/aromatic N) is 1. The molecule has 1 heterocycles. The monoisotopic (exact) mass is 352 g/mol. The first-order valence-electron chi connectivity index (χ1n) is 9.41. The number of amides is 2. The molecule has 0 bridgehead atoms. The third-order valence-electron chi connectivity index (χ3n) is 5.93. The lowest BCUT2D eigenvalue weighted by Gasteiger charge is -2.38. The molecule has 2 fully saturated rings. The Morgan fingerprint density at radius 1 is 1.20 bits per heavy atom. The van der Waals surface area contributed by atoms with Crippen molar-refractivity contribution in [3.8, 4) is 0 Å². The van der Waals surface area contributed by atoms with E-state index in [0.717, 1.165) is 0 Å². The van der Waals surface area contributed by atoms with Crippen molar-refractivity contribution in [2.45, 2.75) is 73.9 Å². The summed E-state index contributed by atoms with van der Waals surface area (Å²) in [4.78, 5) is 27.5. The molecule has 2 N–H and O–H groups in total. The van der Waals surface area contributed by atoms with E-state index < -0.39 is 6.04 Å². The highest BCUT2D eigenvalue weighted by Gasteiger charge is 2.67. The number of carbonyl (C=O) groups excluding carboxylic acids is 2. The van der Waals surface area contributed by atoms with Gasteiger partial charge in [0, 0.05) is 13.0 Å². The smallest absolute Gasteiger partial charge is 0.246 e. The fourth-order valence-corrected chi connectivity index (χ4v) is 4.41. The number of hydrogen-bond donors (Lipinski definition) is 2. The van der Waals surface area contributed by atoms with E-state index in [2.05, 4.69) is 19.2 Å². The number of aliphatic hydroxyl groups is 1. The van der Waals surface area contributed by atoms with Crippen molar-refractivity contribution in [3.05, 3.63) is 0 Å². The number of likely N-dealkylation sites (tertiary alicyclic amines) is 1. The Morgan fingerprint density at radius 2 is 1.76 bits per heavy atom. The molecule has 1 saturated heterocycles. The predicted molar refractivity (Wildman–Crippen MR) is 98.8 cm³/mol. The Bertz CT molecular complexity index is 542. The minimum absolute atomic E-state index is 0.0108. The largest absolute Gasteiger partial charge is 0.394 e. The zero-order valence-corrected chi connectivity index (χ0v) is 17.1. The predicted octanol–water partition coefficient (Wildman–Crippen LogP) is 2.43. The minimum Gasteiger partial charge on any atom is -0.394 e. The van der Waals surface area contributed by atoms with Crippen LogP contribution >= 0.6 is 0 Å². The minimum atomic E-state index is -0.572. The van der Waals surface area contributed by atoms with Crippen molar-refractivity contribution in [2.24, 2.45) is 28.1 Å². The number of carbonyl (C=O) groups is 2. The molecular weight excluding hydrogens is 316 g/mol. The molecule has 2 rings (SSSR count). The normalized spacial score (nSPS) is 29.2. The summed E-state index contributed by atoms with van der Waals surface area (Å²) >= 11 is 0. The van der Waals surface area contributed by atoms with Gasteiger partial charge in [-0.2, -0.15) is 0 Å². The number of rotatable bonds is 4. The van der Waals surface area contributed by atoms with Gasteiger partial charge in [-0.15, -0.1) is 0 Å². The van der Waals surface area contributed by atoms with Crippen LogP contribution in [-0.2, 0) is 9.59 Å². The van der Waals surface area contributed by atoms with Gasteiger partial charge in [0.15, 0.2) is 0 Å². The number of fused-ring (bicyclic) bond motifs is 1. The van der Waals surface area contributed by atoms with E-state index in [9.17, 15) is 14.7 Å². The molecule has 5 nitrogen and oxygen atoms in total. The molecular formula is C20H36N2O3. The number of aliphatic hydroxyl groups excluding tert-OH is 1. The lowest BCUT2D eigenvalue weighted by molar-refractivity contribution is -0.142. The first-order chi connectivity index (χ1) is 11.2. The molecule has 144 valence electrons. The van der Waals surface area contributed by atoms with Gasteiger partial charge in [0.1, 0.15) is 6.04 Å². The topological polar surface area (TPSA) is 69.6 Å². The van der Waals surface area contributed by atoms with Crippen LogP contribution in [0, 0.1) is 28.1 Å². The average molecular weight is 353 g/mol. The molecule has 0 aromatic carbocycles. The van der Waals surface area contributed by atoms with E-state index in [1.54, 1.807) is 0 Å². The van der Waals surface area contributed by atoms with Crippen molar-refractivity contribution in [2.75, 3.05) is 13.2 Å². The fraction of sp³-hybridized carbons (Fsp3) is 0.900. The van der Waals surface area contributed by atoms with Crippen LogP contribution in [-0.4, -0.2) is 47.1 Å². The molecule has 1 saturated carbocycles. The van der Waals surface area contributed by atoms with Crippen LogP contribution in [0.15, 0.2) is 0 Å². The van der Waals surface area contributed by atoms with Gasteiger partial charge in [0.2, 0.25) is 11.8 Å².